The van der Waals surface area contributed by atoms with Crippen LogP contribution in [0, 0.1) is 6.92 Å². The minimum atomic E-state index is -0.511. The Morgan fingerprint density at radius 3 is 1.48 bits per heavy atom. The molecule has 0 unspecified atom stereocenters. The normalized spacial score (nSPS) is 12.4. The number of hydrogen-bond acceptors (Lipinski definition) is 3. The summed E-state index contributed by atoms with van der Waals surface area (Å²) in [7, 11) is 0. The molecule has 12 rings (SSSR count). The summed E-state index contributed by atoms with van der Waals surface area (Å²) >= 11 is 0. The molecule has 0 amide bonds. The Kier molecular flexibility index (Phi) is 9.61. The molecule has 0 radical (unpaired) electrons. The summed E-state index contributed by atoms with van der Waals surface area (Å²) < 4.78 is 0. The number of aromatic nitrogens is 3. The zero-order valence-electron chi connectivity index (χ0n) is 36.4. The van der Waals surface area contributed by atoms with Gasteiger partial charge in [0, 0.05) is 16.7 Å². The van der Waals surface area contributed by atoms with Crippen molar-refractivity contribution >= 4 is 10.8 Å². The molecule has 3 nitrogen and oxygen atoms in total. The van der Waals surface area contributed by atoms with Crippen LogP contribution in [0.5, 0.6) is 0 Å². The standard InChI is InChI=1S/C63H43N3/c1-42-33-40-56-59(53-31-16-17-32-55(53)63(56,50-26-10-4-11-27-50)51-28-12-5-13-29-51)57(42)54-39-38-45-21-14-15-30-52(45)58(54)48-24-18-25-49(41-48)62-65-60(46-22-8-3-9-23-46)64-61(66-62)47-36-34-44(35-37-47)43-19-6-2-7-20-43/h2-41H,1H3. The van der Waals surface area contributed by atoms with Gasteiger partial charge in [-0.3, -0.25) is 0 Å². The van der Waals surface area contributed by atoms with Crippen molar-refractivity contribution in [3.05, 3.63) is 270 Å². The molecule has 1 aliphatic carbocycles. The van der Waals surface area contributed by atoms with E-state index >= 15 is 0 Å². The molecule has 11 aromatic rings. The number of benzene rings is 10. The minimum Gasteiger partial charge on any atom is -0.208 e. The van der Waals surface area contributed by atoms with E-state index in [4.69, 9.17) is 15.0 Å². The molecule has 0 spiro atoms. The van der Waals surface area contributed by atoms with Crippen LogP contribution in [0.3, 0.4) is 0 Å². The third kappa shape index (κ3) is 6.47. The number of fused-ring (bicyclic) bond motifs is 4. The first-order chi connectivity index (χ1) is 32.6. The van der Waals surface area contributed by atoms with Crippen molar-refractivity contribution in [3.63, 3.8) is 0 Å². The maximum atomic E-state index is 5.22. The third-order valence-corrected chi connectivity index (χ3v) is 13.4. The minimum absolute atomic E-state index is 0.511. The smallest absolute Gasteiger partial charge is 0.164 e. The van der Waals surface area contributed by atoms with E-state index < -0.39 is 5.41 Å². The molecule has 66 heavy (non-hydrogen) atoms. The molecule has 0 atom stereocenters. The topological polar surface area (TPSA) is 38.7 Å². The summed E-state index contributed by atoms with van der Waals surface area (Å²) in [5.41, 5.74) is 18.1. The van der Waals surface area contributed by atoms with Gasteiger partial charge in [-0.25, -0.2) is 15.0 Å². The molecule has 0 bridgehead atoms. The second kappa shape index (κ2) is 16.2. The highest BCUT2D eigenvalue weighted by atomic mass is 15.0. The highest BCUT2D eigenvalue weighted by molar-refractivity contribution is 6.08. The van der Waals surface area contributed by atoms with Gasteiger partial charge in [0.15, 0.2) is 17.5 Å². The fourth-order valence-electron chi connectivity index (χ4n) is 10.4. The first-order valence-corrected chi connectivity index (χ1v) is 22.6. The average molecular weight is 842 g/mol. The van der Waals surface area contributed by atoms with Crippen LogP contribution in [0.1, 0.15) is 27.8 Å². The van der Waals surface area contributed by atoms with E-state index in [0.717, 1.165) is 27.8 Å². The Bertz CT molecular complexity index is 3530. The Labute approximate surface area is 385 Å². The van der Waals surface area contributed by atoms with Gasteiger partial charge in [-0.1, -0.05) is 237 Å². The van der Waals surface area contributed by atoms with Crippen molar-refractivity contribution in [2.45, 2.75) is 12.3 Å². The predicted octanol–water partition coefficient (Wildman–Crippen LogP) is 15.7. The van der Waals surface area contributed by atoms with Gasteiger partial charge in [0.05, 0.1) is 5.41 Å². The lowest BCUT2D eigenvalue weighted by Gasteiger charge is -2.34. The van der Waals surface area contributed by atoms with Gasteiger partial charge in [0.1, 0.15) is 0 Å². The molecule has 310 valence electrons. The molecular formula is C63H43N3. The van der Waals surface area contributed by atoms with Crippen LogP contribution in [0.15, 0.2) is 243 Å². The summed E-state index contributed by atoms with van der Waals surface area (Å²) in [5.74, 6) is 1.88. The first kappa shape index (κ1) is 39.1. The van der Waals surface area contributed by atoms with Crippen LogP contribution >= 0.6 is 0 Å². The fraction of sp³-hybridized carbons (Fsp3) is 0.0317. The van der Waals surface area contributed by atoms with E-state index in [9.17, 15) is 0 Å². The van der Waals surface area contributed by atoms with Gasteiger partial charge in [-0.05, 0) is 96.1 Å². The second-order valence-corrected chi connectivity index (χ2v) is 17.1. The first-order valence-electron chi connectivity index (χ1n) is 22.6. The molecule has 10 aromatic carbocycles. The van der Waals surface area contributed by atoms with Gasteiger partial charge >= 0.3 is 0 Å². The van der Waals surface area contributed by atoms with Crippen LogP contribution in [0.25, 0.3) is 89.4 Å². The molecule has 1 aromatic heterocycles. The van der Waals surface area contributed by atoms with E-state index in [-0.39, 0.29) is 0 Å². The average Bonchev–Trinajstić information content (AvgIpc) is 3.70. The van der Waals surface area contributed by atoms with E-state index in [0.29, 0.717) is 17.5 Å². The molecule has 0 fully saturated rings. The third-order valence-electron chi connectivity index (χ3n) is 13.4. The van der Waals surface area contributed by atoms with Gasteiger partial charge in [-0.2, -0.15) is 0 Å². The summed E-state index contributed by atoms with van der Waals surface area (Å²) in [4.78, 5) is 15.5. The van der Waals surface area contributed by atoms with E-state index in [1.807, 2.05) is 24.3 Å². The van der Waals surface area contributed by atoms with Crippen LogP contribution in [-0.4, -0.2) is 15.0 Å². The van der Waals surface area contributed by atoms with Crippen LogP contribution in [0.2, 0.25) is 0 Å². The summed E-state index contributed by atoms with van der Waals surface area (Å²) in [6.45, 7) is 2.27. The SMILES string of the molecule is Cc1ccc2c(c1-c1ccc3ccccc3c1-c1cccc(-c3nc(-c4ccccc4)nc(-c4ccc(-c5ccccc5)cc4)n3)c1)-c1ccccc1C2(c1ccccc1)c1ccccc1. The van der Waals surface area contributed by atoms with Crippen molar-refractivity contribution in [1.29, 1.82) is 0 Å². The molecule has 0 aliphatic heterocycles. The highest BCUT2D eigenvalue weighted by Gasteiger charge is 2.47. The maximum Gasteiger partial charge on any atom is 0.164 e. The molecule has 1 heterocycles. The molecular weight excluding hydrogens is 799 g/mol. The number of hydrogen-bond donors (Lipinski definition) is 0. The lowest BCUT2D eigenvalue weighted by Crippen LogP contribution is -2.28. The van der Waals surface area contributed by atoms with Gasteiger partial charge in [0.2, 0.25) is 0 Å². The molecule has 1 aliphatic rings. The zero-order chi connectivity index (χ0) is 44.0. The number of aryl methyl sites for hydroxylation is 1. The van der Waals surface area contributed by atoms with E-state index in [2.05, 4.69) is 225 Å². The van der Waals surface area contributed by atoms with Crippen molar-refractivity contribution in [3.8, 4) is 78.7 Å². The van der Waals surface area contributed by atoms with Crippen LogP contribution in [0.4, 0.5) is 0 Å². The Morgan fingerprint density at radius 1 is 0.303 bits per heavy atom. The fourth-order valence-corrected chi connectivity index (χ4v) is 10.4. The van der Waals surface area contributed by atoms with Gasteiger partial charge in [0.25, 0.3) is 0 Å². The van der Waals surface area contributed by atoms with Crippen LogP contribution in [-0.2, 0) is 5.41 Å². The Balaban J connectivity index is 1.07. The lowest BCUT2D eigenvalue weighted by molar-refractivity contribution is 0.768. The maximum absolute atomic E-state index is 5.22. The zero-order valence-corrected chi connectivity index (χ0v) is 36.4. The van der Waals surface area contributed by atoms with Crippen molar-refractivity contribution in [2.24, 2.45) is 0 Å². The van der Waals surface area contributed by atoms with Gasteiger partial charge in [-0.15, -0.1) is 0 Å². The molecule has 3 heteroatoms. The summed E-state index contributed by atoms with van der Waals surface area (Å²) in [6, 6.07) is 87.1. The Hall–Kier alpha value is -8.53. The van der Waals surface area contributed by atoms with Crippen molar-refractivity contribution in [2.75, 3.05) is 0 Å². The molecule has 0 saturated carbocycles. The van der Waals surface area contributed by atoms with E-state index in [1.165, 1.54) is 72.0 Å². The lowest BCUT2D eigenvalue weighted by atomic mass is 9.67. The largest absolute Gasteiger partial charge is 0.208 e. The van der Waals surface area contributed by atoms with Crippen LogP contribution < -0.4 is 0 Å². The quantitative estimate of drug-likeness (QED) is 0.153. The van der Waals surface area contributed by atoms with Crippen molar-refractivity contribution < 1.29 is 0 Å². The van der Waals surface area contributed by atoms with Crippen molar-refractivity contribution in [1.82, 2.24) is 15.0 Å². The van der Waals surface area contributed by atoms with E-state index in [1.54, 1.807) is 0 Å². The second-order valence-electron chi connectivity index (χ2n) is 17.1. The number of nitrogens with zero attached hydrogens (tertiary/aromatic N) is 3. The molecule has 0 N–H and O–H groups in total. The number of rotatable bonds is 8. The van der Waals surface area contributed by atoms with Gasteiger partial charge < -0.3 is 0 Å². The monoisotopic (exact) mass is 841 g/mol. The Morgan fingerprint density at radius 2 is 0.803 bits per heavy atom. The summed E-state index contributed by atoms with van der Waals surface area (Å²) in [6.07, 6.45) is 0. The predicted molar refractivity (Wildman–Crippen MR) is 272 cm³/mol. The molecule has 0 saturated heterocycles. The highest BCUT2D eigenvalue weighted by Crippen LogP contribution is 2.59. The summed E-state index contributed by atoms with van der Waals surface area (Å²) in [5, 5.41) is 2.37.